The number of rotatable bonds is 3. The number of nitrogens with zero attached hydrogens (tertiary/aromatic N) is 2. The van der Waals surface area contributed by atoms with E-state index in [4.69, 9.17) is 10.5 Å². The lowest BCUT2D eigenvalue weighted by atomic mass is 9.76. The maximum Gasteiger partial charge on any atom is 0.311 e. The van der Waals surface area contributed by atoms with Crippen molar-refractivity contribution >= 4 is 22.9 Å². The number of hydrogen-bond acceptors (Lipinski definition) is 6. The largest absolute Gasteiger partial charge is 0.469 e. The highest BCUT2D eigenvalue weighted by Crippen LogP contribution is 2.53. The van der Waals surface area contributed by atoms with E-state index in [9.17, 15) is 14.8 Å². The number of nitrogens with one attached hydrogen (secondary N) is 1. The van der Waals surface area contributed by atoms with E-state index in [1.165, 1.54) is 12.2 Å². The third-order valence-corrected chi connectivity index (χ3v) is 5.49. The molecule has 3 rings (SSSR count). The minimum atomic E-state index is -0.868. The molecule has 1 fully saturated rings. The SMILES string of the molecule is COC(=O)[C@@H]1[C@@H](c2nc3c(C(N)=O)cccc3[nH]2)C(C)(C)N(O)C1(C)C. The van der Waals surface area contributed by atoms with Gasteiger partial charge in [0, 0.05) is 0 Å². The predicted molar refractivity (Wildman–Crippen MR) is 94.6 cm³/mol. The second kappa shape index (κ2) is 5.78. The van der Waals surface area contributed by atoms with Crippen molar-refractivity contribution in [3.63, 3.8) is 0 Å². The van der Waals surface area contributed by atoms with Gasteiger partial charge in [0.25, 0.3) is 5.91 Å². The van der Waals surface area contributed by atoms with Gasteiger partial charge in [-0.3, -0.25) is 9.59 Å². The number of amides is 1. The molecular formula is C18H24N4O4. The van der Waals surface area contributed by atoms with Crippen LogP contribution >= 0.6 is 0 Å². The van der Waals surface area contributed by atoms with Gasteiger partial charge in [0.15, 0.2) is 0 Å². The Bertz CT molecular complexity index is 886. The highest BCUT2D eigenvalue weighted by Gasteiger charge is 2.63. The van der Waals surface area contributed by atoms with Crippen LogP contribution in [0, 0.1) is 5.92 Å². The van der Waals surface area contributed by atoms with Crippen molar-refractivity contribution in [1.29, 1.82) is 0 Å². The molecule has 1 aromatic carbocycles. The first-order chi connectivity index (χ1) is 12.0. The zero-order valence-electron chi connectivity index (χ0n) is 15.5. The molecule has 1 saturated heterocycles. The highest BCUT2D eigenvalue weighted by molar-refractivity contribution is 6.04. The van der Waals surface area contributed by atoms with Gasteiger partial charge in [0.05, 0.1) is 41.1 Å². The molecule has 8 nitrogen and oxygen atoms in total. The summed E-state index contributed by atoms with van der Waals surface area (Å²) in [6.07, 6.45) is 0. The number of fused-ring (bicyclic) bond motifs is 1. The second-order valence-corrected chi connectivity index (χ2v) is 7.79. The monoisotopic (exact) mass is 360 g/mol. The van der Waals surface area contributed by atoms with Crippen LogP contribution in [0.25, 0.3) is 11.0 Å². The zero-order valence-corrected chi connectivity index (χ0v) is 15.5. The normalized spacial score (nSPS) is 24.7. The molecule has 2 atom stereocenters. The molecule has 0 bridgehead atoms. The van der Waals surface area contributed by atoms with E-state index in [0.717, 1.165) is 0 Å². The average Bonchev–Trinajstić information content (AvgIpc) is 3.05. The summed E-state index contributed by atoms with van der Waals surface area (Å²) >= 11 is 0. The van der Waals surface area contributed by atoms with Gasteiger partial charge in [0.2, 0.25) is 0 Å². The topological polar surface area (TPSA) is 122 Å². The summed E-state index contributed by atoms with van der Waals surface area (Å²) in [4.78, 5) is 32.0. The number of H-pyrrole nitrogens is 1. The van der Waals surface area contributed by atoms with E-state index < -0.39 is 34.8 Å². The summed E-state index contributed by atoms with van der Waals surface area (Å²) < 4.78 is 5.01. The fourth-order valence-corrected chi connectivity index (χ4v) is 4.26. The summed E-state index contributed by atoms with van der Waals surface area (Å²) in [7, 11) is 1.33. The Kier molecular flexibility index (Phi) is 4.08. The molecule has 1 amide bonds. The molecule has 0 spiro atoms. The second-order valence-electron chi connectivity index (χ2n) is 7.79. The van der Waals surface area contributed by atoms with Crippen LogP contribution in [0.15, 0.2) is 18.2 Å². The first-order valence-electron chi connectivity index (χ1n) is 8.39. The Hall–Kier alpha value is -2.45. The highest BCUT2D eigenvalue weighted by atomic mass is 16.5. The van der Waals surface area contributed by atoms with Crippen LogP contribution in [0.5, 0.6) is 0 Å². The molecular weight excluding hydrogens is 336 g/mol. The van der Waals surface area contributed by atoms with Gasteiger partial charge >= 0.3 is 5.97 Å². The van der Waals surface area contributed by atoms with Gasteiger partial charge in [-0.2, -0.15) is 5.06 Å². The van der Waals surface area contributed by atoms with Gasteiger partial charge in [-0.1, -0.05) is 6.07 Å². The molecule has 0 saturated carbocycles. The Balaban J connectivity index is 2.22. The predicted octanol–water partition coefficient (Wildman–Crippen LogP) is 1.80. The van der Waals surface area contributed by atoms with Gasteiger partial charge in [-0.25, -0.2) is 4.98 Å². The summed E-state index contributed by atoms with van der Waals surface area (Å²) in [5.41, 5.74) is 5.16. The van der Waals surface area contributed by atoms with Crippen molar-refractivity contribution in [3.8, 4) is 0 Å². The molecule has 0 unspecified atom stereocenters. The third kappa shape index (κ3) is 2.40. The van der Waals surface area contributed by atoms with Crippen LogP contribution in [0.4, 0.5) is 0 Å². The molecule has 4 N–H and O–H groups in total. The lowest BCUT2D eigenvalue weighted by molar-refractivity contribution is -0.200. The molecule has 26 heavy (non-hydrogen) atoms. The number of methoxy groups -OCH3 is 1. The number of aromatic nitrogens is 2. The smallest absolute Gasteiger partial charge is 0.311 e. The molecule has 2 aromatic rings. The van der Waals surface area contributed by atoms with E-state index in [2.05, 4.69) is 9.97 Å². The molecule has 8 heteroatoms. The van der Waals surface area contributed by atoms with Crippen LogP contribution in [0.3, 0.4) is 0 Å². The van der Waals surface area contributed by atoms with Crippen LogP contribution in [-0.2, 0) is 9.53 Å². The Morgan fingerprint density at radius 1 is 1.27 bits per heavy atom. The quantitative estimate of drug-likeness (QED) is 0.718. The van der Waals surface area contributed by atoms with Gasteiger partial charge < -0.3 is 20.7 Å². The van der Waals surface area contributed by atoms with Gasteiger partial charge in [0.1, 0.15) is 11.3 Å². The van der Waals surface area contributed by atoms with Crippen molar-refractivity contribution < 1.29 is 19.5 Å². The minimum absolute atomic E-state index is 0.301. The number of aromatic amines is 1. The number of primary amides is 1. The first-order valence-corrected chi connectivity index (χ1v) is 8.39. The maximum atomic E-state index is 12.6. The number of esters is 1. The number of carbonyl (C=O) groups excluding carboxylic acids is 2. The number of benzene rings is 1. The van der Waals surface area contributed by atoms with Crippen molar-refractivity contribution in [2.24, 2.45) is 11.7 Å². The van der Waals surface area contributed by atoms with Crippen molar-refractivity contribution in [2.75, 3.05) is 7.11 Å². The van der Waals surface area contributed by atoms with Crippen molar-refractivity contribution in [3.05, 3.63) is 29.6 Å². The fraction of sp³-hybridized carbons (Fsp3) is 0.500. The number of nitrogens with two attached hydrogens (primary N) is 1. The number of imidazole rings is 1. The number of hydrogen-bond donors (Lipinski definition) is 3. The van der Waals surface area contributed by atoms with E-state index >= 15 is 0 Å². The van der Waals surface area contributed by atoms with E-state index in [-0.39, 0.29) is 0 Å². The maximum absolute atomic E-state index is 12.6. The van der Waals surface area contributed by atoms with Crippen molar-refractivity contribution in [2.45, 2.75) is 44.7 Å². The summed E-state index contributed by atoms with van der Waals surface area (Å²) in [6.45, 7) is 7.25. The van der Waals surface area contributed by atoms with E-state index in [0.29, 0.717) is 22.4 Å². The molecule has 0 radical (unpaired) electrons. The average molecular weight is 360 g/mol. The third-order valence-electron chi connectivity index (χ3n) is 5.49. The molecule has 1 aliphatic heterocycles. The minimum Gasteiger partial charge on any atom is -0.469 e. The van der Waals surface area contributed by atoms with Crippen molar-refractivity contribution in [1.82, 2.24) is 15.0 Å². The Labute approximate surface area is 151 Å². The summed E-state index contributed by atoms with van der Waals surface area (Å²) in [5.74, 6) is -1.65. The van der Waals surface area contributed by atoms with Crippen LogP contribution in [-0.4, -0.2) is 50.3 Å². The van der Waals surface area contributed by atoms with Gasteiger partial charge in [-0.05, 0) is 39.8 Å². The number of hydroxylamine groups is 2. The van der Waals surface area contributed by atoms with Gasteiger partial charge in [-0.15, -0.1) is 0 Å². The molecule has 1 aromatic heterocycles. The molecule has 2 heterocycles. The lowest BCUT2D eigenvalue weighted by Crippen LogP contribution is -2.48. The van der Waals surface area contributed by atoms with E-state index in [1.807, 2.05) is 13.8 Å². The van der Waals surface area contributed by atoms with Crippen LogP contribution < -0.4 is 5.73 Å². The number of para-hydroxylation sites is 1. The first kappa shape index (κ1) is 18.3. The molecule has 0 aliphatic carbocycles. The molecule has 140 valence electrons. The molecule has 1 aliphatic rings. The Morgan fingerprint density at radius 3 is 2.50 bits per heavy atom. The summed E-state index contributed by atoms with van der Waals surface area (Å²) in [6, 6.07) is 5.11. The van der Waals surface area contributed by atoms with Crippen LogP contribution in [0.2, 0.25) is 0 Å². The Morgan fingerprint density at radius 2 is 1.92 bits per heavy atom. The van der Waals surface area contributed by atoms with Crippen LogP contribution in [0.1, 0.15) is 49.8 Å². The van der Waals surface area contributed by atoms with E-state index in [1.54, 1.807) is 32.0 Å². The fourth-order valence-electron chi connectivity index (χ4n) is 4.26. The zero-order chi connectivity index (χ0) is 19.4. The lowest BCUT2D eigenvalue weighted by Gasteiger charge is -2.35. The number of ether oxygens (including phenoxy) is 1. The number of carbonyl (C=O) groups is 2. The summed E-state index contributed by atoms with van der Waals surface area (Å²) in [5, 5.41) is 11.9. The standard InChI is InChI=1S/C18H24N4O4/c1-17(2)11(12(16(24)26-5)18(3,4)22(17)25)15-20-10-8-6-7-9(14(19)23)13(10)21-15/h6-8,11-12,25H,1-5H3,(H2,19,23)(H,20,21)/t11-,12-/m0/s1.